The number of rotatable bonds is 5. The second kappa shape index (κ2) is 7.85. The van der Waals surface area contributed by atoms with Gasteiger partial charge < -0.3 is 4.90 Å². The molecule has 0 spiro atoms. The van der Waals surface area contributed by atoms with Crippen LogP contribution in [-0.2, 0) is 27.7 Å². The van der Waals surface area contributed by atoms with Crippen molar-refractivity contribution in [1.29, 1.82) is 0 Å². The third kappa shape index (κ3) is 5.03. The first-order valence-corrected chi connectivity index (χ1v) is 10.8. The fraction of sp³-hybridized carbons (Fsp3) is 0.611. The number of hydrogen-bond acceptors (Lipinski definition) is 4. The molecule has 3 rings (SSSR count). The van der Waals surface area contributed by atoms with Gasteiger partial charge in [0.05, 0.1) is 6.26 Å². The molecule has 0 aromatic heterocycles. The molecular weight excluding hydrogens is 338 g/mol. The summed E-state index contributed by atoms with van der Waals surface area (Å²) in [5.41, 5.74) is 2.94. The number of nitrogens with one attached hydrogen (secondary N) is 1. The Bertz CT molecular complexity index is 712. The summed E-state index contributed by atoms with van der Waals surface area (Å²) in [7, 11) is -3.23. The zero-order valence-corrected chi connectivity index (χ0v) is 15.6. The molecule has 0 bridgehead atoms. The number of amides is 1. The summed E-state index contributed by atoms with van der Waals surface area (Å²) in [4.78, 5) is 16.6. The first-order valence-electron chi connectivity index (χ1n) is 8.95. The van der Waals surface area contributed by atoms with Gasteiger partial charge in [0.2, 0.25) is 15.9 Å². The third-order valence-corrected chi connectivity index (χ3v) is 5.94. The van der Waals surface area contributed by atoms with Crippen LogP contribution in [0.25, 0.3) is 0 Å². The lowest BCUT2D eigenvalue weighted by Gasteiger charge is -2.41. The van der Waals surface area contributed by atoms with E-state index in [-0.39, 0.29) is 18.9 Å². The minimum absolute atomic E-state index is 0.0322. The lowest BCUT2D eigenvalue weighted by Crippen LogP contribution is -2.53. The fourth-order valence-electron chi connectivity index (χ4n) is 3.83. The molecule has 1 saturated heterocycles. The Hall–Kier alpha value is -1.44. The van der Waals surface area contributed by atoms with Crippen LogP contribution in [0.5, 0.6) is 0 Å². The Balaban J connectivity index is 1.45. The van der Waals surface area contributed by atoms with Crippen LogP contribution < -0.4 is 4.72 Å². The molecule has 1 amide bonds. The summed E-state index contributed by atoms with van der Waals surface area (Å²) < 4.78 is 24.5. The van der Waals surface area contributed by atoms with Crippen LogP contribution in [0.4, 0.5) is 0 Å². The van der Waals surface area contributed by atoms with Crippen LogP contribution in [0, 0.1) is 0 Å². The number of carbonyl (C=O) groups is 1. The molecule has 0 unspecified atom stereocenters. The molecule has 6 nitrogen and oxygen atoms in total. The van der Waals surface area contributed by atoms with Crippen molar-refractivity contribution in [1.82, 2.24) is 14.5 Å². The smallest absolute Gasteiger partial charge is 0.223 e. The molecule has 1 atom stereocenters. The van der Waals surface area contributed by atoms with Gasteiger partial charge in [0, 0.05) is 45.2 Å². The number of piperazine rings is 1. The molecule has 1 aliphatic carbocycles. The van der Waals surface area contributed by atoms with Crippen molar-refractivity contribution in [3.63, 3.8) is 0 Å². The largest absolute Gasteiger partial charge is 0.340 e. The van der Waals surface area contributed by atoms with Crippen molar-refractivity contribution in [3.8, 4) is 0 Å². The number of benzene rings is 1. The highest BCUT2D eigenvalue weighted by Gasteiger charge is 2.28. The van der Waals surface area contributed by atoms with Crippen LogP contribution in [0.1, 0.15) is 24.0 Å². The van der Waals surface area contributed by atoms with Crippen molar-refractivity contribution < 1.29 is 13.2 Å². The highest BCUT2D eigenvalue weighted by molar-refractivity contribution is 7.88. The maximum atomic E-state index is 12.2. The first kappa shape index (κ1) is 18.4. The molecule has 0 radical (unpaired) electrons. The quantitative estimate of drug-likeness (QED) is 0.831. The maximum absolute atomic E-state index is 12.2. The van der Waals surface area contributed by atoms with Crippen molar-refractivity contribution >= 4 is 15.9 Å². The van der Waals surface area contributed by atoms with E-state index in [0.29, 0.717) is 6.04 Å². The first-order chi connectivity index (χ1) is 11.9. The van der Waals surface area contributed by atoms with Gasteiger partial charge in [-0.1, -0.05) is 24.3 Å². The topological polar surface area (TPSA) is 69.7 Å². The number of nitrogens with zero attached hydrogens (tertiary/aromatic N) is 2. The molecule has 1 aromatic rings. The Morgan fingerprint density at radius 2 is 1.84 bits per heavy atom. The van der Waals surface area contributed by atoms with Crippen molar-refractivity contribution in [3.05, 3.63) is 35.4 Å². The monoisotopic (exact) mass is 365 g/mol. The van der Waals surface area contributed by atoms with Gasteiger partial charge in [-0.15, -0.1) is 0 Å². The molecule has 1 fully saturated rings. The SMILES string of the molecule is CS(=O)(=O)NCCC(=O)N1CCN([C@@H]2CCc3ccccc3C2)CC1. The molecule has 1 heterocycles. The van der Waals surface area contributed by atoms with Crippen LogP contribution >= 0.6 is 0 Å². The van der Waals surface area contributed by atoms with Crippen LogP contribution in [0.15, 0.2) is 24.3 Å². The number of aryl methyl sites for hydroxylation is 1. The molecule has 0 saturated carbocycles. The van der Waals surface area contributed by atoms with E-state index in [1.54, 1.807) is 0 Å². The minimum Gasteiger partial charge on any atom is -0.340 e. The Morgan fingerprint density at radius 3 is 2.52 bits per heavy atom. The van der Waals surface area contributed by atoms with E-state index >= 15 is 0 Å². The molecule has 1 aliphatic heterocycles. The summed E-state index contributed by atoms with van der Waals surface area (Å²) in [6.45, 7) is 3.44. The van der Waals surface area contributed by atoms with E-state index in [4.69, 9.17) is 0 Å². The molecule has 25 heavy (non-hydrogen) atoms. The standard InChI is InChI=1S/C18H27N3O3S/c1-25(23,24)19-9-8-18(22)21-12-10-20(11-13-21)17-7-6-15-4-2-3-5-16(15)14-17/h2-5,17,19H,6-14H2,1H3/t17-/m1/s1. The number of hydrogen-bond donors (Lipinski definition) is 1. The summed E-state index contributed by atoms with van der Waals surface area (Å²) in [5, 5.41) is 0. The van der Waals surface area contributed by atoms with Gasteiger partial charge in [-0.2, -0.15) is 0 Å². The third-order valence-electron chi connectivity index (χ3n) is 5.21. The lowest BCUT2D eigenvalue weighted by molar-refractivity contribution is -0.133. The Morgan fingerprint density at radius 1 is 1.16 bits per heavy atom. The zero-order valence-electron chi connectivity index (χ0n) is 14.8. The molecular formula is C18H27N3O3S. The zero-order chi connectivity index (χ0) is 17.9. The van der Waals surface area contributed by atoms with Gasteiger partial charge in [0.15, 0.2) is 0 Å². The van der Waals surface area contributed by atoms with E-state index in [0.717, 1.165) is 45.3 Å². The highest BCUT2D eigenvalue weighted by Crippen LogP contribution is 2.25. The van der Waals surface area contributed by atoms with Crippen LogP contribution in [-0.4, -0.2) is 69.1 Å². The number of fused-ring (bicyclic) bond motifs is 1. The van der Waals surface area contributed by atoms with Gasteiger partial charge in [-0.25, -0.2) is 13.1 Å². The molecule has 138 valence electrons. The highest BCUT2D eigenvalue weighted by atomic mass is 32.2. The summed E-state index contributed by atoms with van der Waals surface area (Å²) in [6, 6.07) is 9.26. The second-order valence-corrected chi connectivity index (χ2v) is 8.83. The predicted molar refractivity (Wildman–Crippen MR) is 97.9 cm³/mol. The van der Waals surface area contributed by atoms with Crippen LogP contribution in [0.3, 0.4) is 0 Å². The summed E-state index contributed by atoms with van der Waals surface area (Å²) in [5.74, 6) is 0.0322. The van der Waals surface area contributed by atoms with Crippen molar-refractivity contribution in [2.45, 2.75) is 31.7 Å². The number of carbonyl (C=O) groups excluding carboxylic acids is 1. The molecule has 1 N–H and O–H groups in total. The normalized spacial score (nSPS) is 21.8. The molecule has 1 aromatic carbocycles. The van der Waals surface area contributed by atoms with Gasteiger partial charge in [0.1, 0.15) is 0 Å². The van der Waals surface area contributed by atoms with Gasteiger partial charge in [0.25, 0.3) is 0 Å². The van der Waals surface area contributed by atoms with Gasteiger partial charge in [-0.05, 0) is 30.4 Å². The Kier molecular flexibility index (Phi) is 5.76. The van der Waals surface area contributed by atoms with Gasteiger partial charge >= 0.3 is 0 Å². The fourth-order valence-corrected chi connectivity index (χ4v) is 4.30. The molecule has 7 heteroatoms. The number of sulfonamides is 1. The summed E-state index contributed by atoms with van der Waals surface area (Å²) in [6.07, 6.45) is 4.76. The predicted octanol–water partition coefficient (Wildman–Crippen LogP) is 0.627. The second-order valence-electron chi connectivity index (χ2n) is 7.00. The van der Waals surface area contributed by atoms with E-state index in [2.05, 4.69) is 33.9 Å². The molecule has 2 aliphatic rings. The van der Waals surface area contributed by atoms with Crippen LogP contribution in [0.2, 0.25) is 0 Å². The lowest BCUT2D eigenvalue weighted by atomic mass is 9.87. The van der Waals surface area contributed by atoms with Crippen molar-refractivity contribution in [2.75, 3.05) is 39.0 Å². The van der Waals surface area contributed by atoms with E-state index < -0.39 is 10.0 Å². The summed E-state index contributed by atoms with van der Waals surface area (Å²) >= 11 is 0. The van der Waals surface area contributed by atoms with E-state index in [1.165, 1.54) is 17.5 Å². The average molecular weight is 365 g/mol. The maximum Gasteiger partial charge on any atom is 0.223 e. The van der Waals surface area contributed by atoms with Gasteiger partial charge in [-0.3, -0.25) is 9.69 Å². The van der Waals surface area contributed by atoms with E-state index in [9.17, 15) is 13.2 Å². The van der Waals surface area contributed by atoms with Crippen molar-refractivity contribution in [2.24, 2.45) is 0 Å². The Labute approximate surface area is 150 Å². The average Bonchev–Trinajstić information content (AvgIpc) is 2.60. The van der Waals surface area contributed by atoms with E-state index in [1.807, 2.05) is 4.90 Å². The minimum atomic E-state index is -3.23.